The van der Waals surface area contributed by atoms with Gasteiger partial charge >= 0.3 is 0 Å². The maximum Gasteiger partial charge on any atom is 0.231 e. The molecule has 7 heteroatoms. The maximum absolute atomic E-state index is 5.54. The summed E-state index contributed by atoms with van der Waals surface area (Å²) in [6.45, 7) is 6.99. The van der Waals surface area contributed by atoms with Gasteiger partial charge < -0.3 is 9.05 Å². The molecule has 0 radical (unpaired) electrons. The lowest BCUT2D eigenvalue weighted by atomic mass is 9.98. The second-order valence-corrected chi connectivity index (χ2v) is 7.64. The fraction of sp³-hybridized carbons (Fsp3) is 0.500. The van der Waals surface area contributed by atoms with Crippen LogP contribution >= 0.6 is 0 Å². The maximum atomic E-state index is 5.54. The van der Waals surface area contributed by atoms with E-state index in [1.807, 2.05) is 18.2 Å². The Balaban J connectivity index is 1.39. The van der Waals surface area contributed by atoms with Crippen LogP contribution in [-0.4, -0.2) is 38.3 Å². The smallest absolute Gasteiger partial charge is 0.231 e. The third-order valence-electron chi connectivity index (χ3n) is 4.83. The van der Waals surface area contributed by atoms with Gasteiger partial charge in [0, 0.05) is 37.0 Å². The van der Waals surface area contributed by atoms with Crippen molar-refractivity contribution in [2.75, 3.05) is 13.1 Å². The van der Waals surface area contributed by atoms with Crippen molar-refractivity contribution in [2.45, 2.75) is 45.6 Å². The molecule has 0 aliphatic carbocycles. The molecule has 3 aromatic heterocycles. The number of aromatic nitrogens is 4. The van der Waals surface area contributed by atoms with Crippen LogP contribution in [0.3, 0.4) is 0 Å². The highest BCUT2D eigenvalue weighted by Gasteiger charge is 2.27. The van der Waals surface area contributed by atoms with Crippen molar-refractivity contribution in [3.8, 4) is 11.3 Å². The molecule has 1 aliphatic heterocycles. The van der Waals surface area contributed by atoms with Crippen molar-refractivity contribution in [1.29, 1.82) is 0 Å². The van der Waals surface area contributed by atoms with Crippen LogP contribution in [0.25, 0.3) is 11.3 Å². The summed E-state index contributed by atoms with van der Waals surface area (Å²) >= 11 is 0. The highest BCUT2D eigenvalue weighted by Crippen LogP contribution is 2.27. The van der Waals surface area contributed by atoms with Crippen LogP contribution in [0.1, 0.15) is 50.1 Å². The summed E-state index contributed by atoms with van der Waals surface area (Å²) < 4.78 is 11.1. The van der Waals surface area contributed by atoms with E-state index in [1.54, 1.807) is 12.4 Å². The summed E-state index contributed by atoms with van der Waals surface area (Å²) in [5.41, 5.74) is 1.79. The lowest BCUT2D eigenvalue weighted by molar-refractivity contribution is 0.165. The average Bonchev–Trinajstić information content (AvgIpc) is 3.32. The lowest BCUT2D eigenvalue weighted by Gasteiger charge is -2.29. The minimum atomic E-state index is 0.285. The first kappa shape index (κ1) is 17.9. The number of pyridine rings is 1. The van der Waals surface area contributed by atoms with Crippen LogP contribution in [0.5, 0.6) is 0 Å². The molecule has 0 amide bonds. The van der Waals surface area contributed by atoms with Gasteiger partial charge in [0.15, 0.2) is 11.6 Å². The largest absolute Gasteiger partial charge is 0.359 e. The van der Waals surface area contributed by atoms with Gasteiger partial charge in [-0.3, -0.25) is 9.88 Å². The molecule has 1 saturated heterocycles. The van der Waals surface area contributed by atoms with Crippen LogP contribution in [0.2, 0.25) is 0 Å². The highest BCUT2D eigenvalue weighted by atomic mass is 16.5. The molecule has 27 heavy (non-hydrogen) atoms. The standard InChI is InChI=1S/C20H25N5O2/c1-14(2)9-19-22-20(27-24-19)16-6-4-8-25(12-16)13-17-10-18(23-26-17)15-5-3-7-21-11-15/h3,5,7,10-11,14,16H,4,6,8-9,12-13H2,1-2H3. The van der Waals surface area contributed by atoms with Crippen molar-refractivity contribution in [3.05, 3.63) is 48.1 Å². The summed E-state index contributed by atoms with van der Waals surface area (Å²) in [5.74, 6) is 3.25. The molecule has 4 rings (SSSR count). The van der Waals surface area contributed by atoms with Crippen molar-refractivity contribution < 1.29 is 9.05 Å². The molecular weight excluding hydrogens is 342 g/mol. The third-order valence-corrected chi connectivity index (χ3v) is 4.83. The molecule has 142 valence electrons. The van der Waals surface area contributed by atoms with E-state index in [4.69, 9.17) is 9.05 Å². The number of piperidine rings is 1. The molecule has 1 unspecified atom stereocenters. The van der Waals surface area contributed by atoms with E-state index in [2.05, 4.69) is 39.0 Å². The summed E-state index contributed by atoms with van der Waals surface area (Å²) in [4.78, 5) is 11.1. The number of nitrogens with zero attached hydrogens (tertiary/aromatic N) is 5. The van der Waals surface area contributed by atoms with Crippen LogP contribution in [0.15, 0.2) is 39.6 Å². The third kappa shape index (κ3) is 4.42. The molecule has 0 N–H and O–H groups in total. The van der Waals surface area contributed by atoms with Gasteiger partial charge in [0.2, 0.25) is 5.89 Å². The fourth-order valence-corrected chi connectivity index (χ4v) is 3.54. The summed E-state index contributed by atoms with van der Waals surface area (Å²) in [5, 5.41) is 8.32. The van der Waals surface area contributed by atoms with E-state index in [9.17, 15) is 0 Å². The first-order valence-corrected chi connectivity index (χ1v) is 9.58. The Hall–Kier alpha value is -2.54. The predicted molar refractivity (Wildman–Crippen MR) is 99.8 cm³/mol. The zero-order valence-electron chi connectivity index (χ0n) is 15.8. The molecule has 0 spiro atoms. The van der Waals surface area contributed by atoms with Gasteiger partial charge in [0.05, 0.1) is 12.5 Å². The van der Waals surface area contributed by atoms with Crippen LogP contribution < -0.4 is 0 Å². The monoisotopic (exact) mass is 367 g/mol. The quantitative estimate of drug-likeness (QED) is 0.657. The minimum absolute atomic E-state index is 0.285. The fourth-order valence-electron chi connectivity index (χ4n) is 3.54. The zero-order valence-corrected chi connectivity index (χ0v) is 15.8. The molecule has 3 aromatic rings. The average molecular weight is 367 g/mol. The molecular formula is C20H25N5O2. The lowest BCUT2D eigenvalue weighted by Crippen LogP contribution is -2.33. The van der Waals surface area contributed by atoms with E-state index < -0.39 is 0 Å². The first-order valence-electron chi connectivity index (χ1n) is 9.58. The SMILES string of the molecule is CC(C)Cc1noc(C2CCCN(Cc3cc(-c4cccnc4)no3)C2)n1. The van der Waals surface area contributed by atoms with Crippen molar-refractivity contribution in [2.24, 2.45) is 5.92 Å². The van der Waals surface area contributed by atoms with Gasteiger partial charge in [-0.2, -0.15) is 4.98 Å². The normalized spacial score (nSPS) is 18.3. The van der Waals surface area contributed by atoms with Crippen molar-refractivity contribution >= 4 is 0 Å². The summed E-state index contributed by atoms with van der Waals surface area (Å²) in [7, 11) is 0. The van der Waals surface area contributed by atoms with Crippen molar-refractivity contribution in [3.63, 3.8) is 0 Å². The Kier molecular flexibility index (Phi) is 5.29. The minimum Gasteiger partial charge on any atom is -0.359 e. The Morgan fingerprint density at radius 3 is 3.00 bits per heavy atom. The molecule has 0 aromatic carbocycles. The Morgan fingerprint density at radius 1 is 1.26 bits per heavy atom. The number of likely N-dealkylation sites (tertiary alicyclic amines) is 1. The van der Waals surface area contributed by atoms with E-state index in [0.717, 1.165) is 67.6 Å². The van der Waals surface area contributed by atoms with Gasteiger partial charge in [0.1, 0.15) is 5.69 Å². The number of rotatable bonds is 6. The summed E-state index contributed by atoms with van der Waals surface area (Å²) in [6, 6.07) is 5.88. The van der Waals surface area contributed by atoms with E-state index in [-0.39, 0.29) is 5.92 Å². The topological polar surface area (TPSA) is 81.1 Å². The Labute approximate surface area is 158 Å². The van der Waals surface area contributed by atoms with Crippen LogP contribution in [0, 0.1) is 5.92 Å². The summed E-state index contributed by atoms with van der Waals surface area (Å²) in [6.07, 6.45) is 6.59. The van der Waals surface area contributed by atoms with Crippen molar-refractivity contribution in [1.82, 2.24) is 25.2 Å². The first-order chi connectivity index (χ1) is 13.2. The molecule has 1 atom stereocenters. The molecule has 4 heterocycles. The van der Waals surface area contributed by atoms with Crippen LogP contribution in [0.4, 0.5) is 0 Å². The van der Waals surface area contributed by atoms with Gasteiger partial charge in [0.25, 0.3) is 0 Å². The van der Waals surface area contributed by atoms with Gasteiger partial charge in [-0.25, -0.2) is 0 Å². The molecule has 1 fully saturated rings. The van der Waals surface area contributed by atoms with Crippen LogP contribution in [-0.2, 0) is 13.0 Å². The second-order valence-electron chi connectivity index (χ2n) is 7.64. The molecule has 1 aliphatic rings. The van der Waals surface area contributed by atoms with E-state index in [0.29, 0.717) is 5.92 Å². The Bertz CT molecular complexity index is 858. The van der Waals surface area contributed by atoms with Gasteiger partial charge in [-0.15, -0.1) is 0 Å². The number of hydrogen-bond donors (Lipinski definition) is 0. The van der Waals surface area contributed by atoms with E-state index in [1.165, 1.54) is 0 Å². The zero-order chi connectivity index (χ0) is 18.6. The highest BCUT2D eigenvalue weighted by molar-refractivity contribution is 5.57. The second kappa shape index (κ2) is 8.00. The molecule has 0 saturated carbocycles. The van der Waals surface area contributed by atoms with Gasteiger partial charge in [-0.05, 0) is 37.4 Å². The molecule has 0 bridgehead atoms. The van der Waals surface area contributed by atoms with Gasteiger partial charge in [-0.1, -0.05) is 24.2 Å². The molecule has 7 nitrogen and oxygen atoms in total. The van der Waals surface area contributed by atoms with E-state index >= 15 is 0 Å². The Morgan fingerprint density at radius 2 is 2.19 bits per heavy atom. The number of hydrogen-bond acceptors (Lipinski definition) is 7. The predicted octanol–water partition coefficient (Wildman–Crippen LogP) is 3.70.